The zero-order valence-electron chi connectivity index (χ0n) is 13.8. The van der Waals surface area contributed by atoms with Crippen molar-refractivity contribution in [1.29, 1.82) is 0 Å². The Morgan fingerprint density at radius 3 is 1.68 bits per heavy atom. The van der Waals surface area contributed by atoms with Crippen LogP contribution in [0.3, 0.4) is 0 Å². The lowest BCUT2D eigenvalue weighted by Gasteiger charge is -2.16. The third-order valence-electron chi connectivity index (χ3n) is 4.20. The minimum atomic E-state index is 0.750. The minimum absolute atomic E-state index is 0.750. The standard InChI is InChI=1S/C19H36/c1-5-8-10-12-13-15-17-19(18(4)7-3)16-14-11-9-6-2/h19H,3,5-6,8-17H2,1-2,4H3. The van der Waals surface area contributed by atoms with Crippen molar-refractivity contribution in [3.63, 3.8) is 0 Å². The van der Waals surface area contributed by atoms with Gasteiger partial charge in [0.2, 0.25) is 0 Å². The number of unbranched alkanes of at least 4 members (excludes halogenated alkanes) is 8. The van der Waals surface area contributed by atoms with Gasteiger partial charge in [0.05, 0.1) is 0 Å². The van der Waals surface area contributed by atoms with Crippen molar-refractivity contribution in [2.75, 3.05) is 0 Å². The molecule has 0 aromatic heterocycles. The summed E-state index contributed by atoms with van der Waals surface area (Å²) in [7, 11) is 0. The maximum atomic E-state index is 3.83. The second-order valence-electron chi connectivity index (χ2n) is 5.96. The van der Waals surface area contributed by atoms with Crippen molar-refractivity contribution < 1.29 is 0 Å². The summed E-state index contributed by atoms with van der Waals surface area (Å²) in [4.78, 5) is 0. The second kappa shape index (κ2) is 13.9. The third kappa shape index (κ3) is 11.1. The molecule has 0 radical (unpaired) electrons. The molecule has 1 atom stereocenters. The van der Waals surface area contributed by atoms with Crippen molar-refractivity contribution in [3.05, 3.63) is 17.9 Å². The van der Waals surface area contributed by atoms with Gasteiger partial charge in [-0.1, -0.05) is 84.6 Å². The summed E-state index contributed by atoms with van der Waals surface area (Å²) < 4.78 is 0. The maximum Gasteiger partial charge on any atom is -0.0130 e. The SMILES string of the molecule is C=C=C(C)C(CCCCCC)CCCCCCCC. The van der Waals surface area contributed by atoms with Crippen LogP contribution < -0.4 is 0 Å². The maximum absolute atomic E-state index is 3.83. The zero-order valence-corrected chi connectivity index (χ0v) is 13.8. The first-order valence-corrected chi connectivity index (χ1v) is 8.62. The van der Waals surface area contributed by atoms with E-state index < -0.39 is 0 Å². The van der Waals surface area contributed by atoms with E-state index in [2.05, 4.69) is 33.1 Å². The molecule has 0 aromatic rings. The Labute approximate surface area is 122 Å². The molecule has 0 N–H and O–H groups in total. The largest absolute Gasteiger partial charge is 0.130 e. The fourth-order valence-corrected chi connectivity index (χ4v) is 2.71. The minimum Gasteiger partial charge on any atom is -0.130 e. The van der Waals surface area contributed by atoms with Gasteiger partial charge in [-0.15, -0.1) is 5.73 Å². The summed E-state index contributed by atoms with van der Waals surface area (Å²) in [6, 6.07) is 0. The highest BCUT2D eigenvalue weighted by Crippen LogP contribution is 2.24. The summed E-state index contributed by atoms with van der Waals surface area (Å²) in [5, 5.41) is 0. The Bertz CT molecular complexity index is 232. The van der Waals surface area contributed by atoms with Crippen molar-refractivity contribution >= 4 is 0 Å². The molecule has 0 aliphatic rings. The lowest BCUT2D eigenvalue weighted by Crippen LogP contribution is -2.02. The third-order valence-corrected chi connectivity index (χ3v) is 4.20. The molecule has 0 fully saturated rings. The van der Waals surface area contributed by atoms with Crippen LogP contribution in [0.15, 0.2) is 17.9 Å². The van der Waals surface area contributed by atoms with Gasteiger partial charge >= 0.3 is 0 Å². The average Bonchev–Trinajstić information content (AvgIpc) is 2.44. The topological polar surface area (TPSA) is 0 Å². The molecule has 0 saturated heterocycles. The van der Waals surface area contributed by atoms with Gasteiger partial charge in [-0.3, -0.25) is 0 Å². The number of hydrogen-bond acceptors (Lipinski definition) is 0. The van der Waals surface area contributed by atoms with Crippen molar-refractivity contribution in [2.24, 2.45) is 5.92 Å². The molecule has 112 valence electrons. The normalized spacial score (nSPS) is 12.2. The van der Waals surface area contributed by atoms with E-state index in [4.69, 9.17) is 0 Å². The predicted molar refractivity (Wildman–Crippen MR) is 88.6 cm³/mol. The van der Waals surface area contributed by atoms with Crippen LogP contribution in [0.25, 0.3) is 0 Å². The highest BCUT2D eigenvalue weighted by atomic mass is 14.1. The Morgan fingerprint density at radius 2 is 1.21 bits per heavy atom. The van der Waals surface area contributed by atoms with Crippen LogP contribution in [0.1, 0.15) is 97.8 Å². The molecular formula is C19H36. The first-order chi connectivity index (χ1) is 9.26. The van der Waals surface area contributed by atoms with Crippen molar-refractivity contribution in [3.8, 4) is 0 Å². The van der Waals surface area contributed by atoms with Gasteiger partial charge in [-0.05, 0) is 31.3 Å². The van der Waals surface area contributed by atoms with E-state index in [0.29, 0.717) is 0 Å². The summed E-state index contributed by atoms with van der Waals surface area (Å²) in [5.74, 6) is 0.750. The highest BCUT2D eigenvalue weighted by molar-refractivity contribution is 5.00. The molecule has 0 aliphatic carbocycles. The van der Waals surface area contributed by atoms with Crippen LogP contribution in [0, 0.1) is 5.92 Å². The highest BCUT2D eigenvalue weighted by Gasteiger charge is 2.09. The molecule has 0 spiro atoms. The predicted octanol–water partition coefficient (Wildman–Crippen LogP) is 7.05. The van der Waals surface area contributed by atoms with E-state index in [1.54, 1.807) is 0 Å². The summed E-state index contributed by atoms with van der Waals surface area (Å²) in [6.07, 6.45) is 16.6. The van der Waals surface area contributed by atoms with E-state index >= 15 is 0 Å². The number of rotatable bonds is 13. The number of allylic oxidation sites excluding steroid dienone is 1. The molecule has 0 heteroatoms. The van der Waals surface area contributed by atoms with Gasteiger partial charge in [0, 0.05) is 0 Å². The Morgan fingerprint density at radius 1 is 0.789 bits per heavy atom. The first-order valence-electron chi connectivity index (χ1n) is 8.62. The molecule has 0 aromatic carbocycles. The van der Waals surface area contributed by atoms with E-state index in [9.17, 15) is 0 Å². The smallest absolute Gasteiger partial charge is 0.0130 e. The molecule has 0 aliphatic heterocycles. The van der Waals surface area contributed by atoms with Gasteiger partial charge < -0.3 is 0 Å². The van der Waals surface area contributed by atoms with Crippen LogP contribution in [0.5, 0.6) is 0 Å². The van der Waals surface area contributed by atoms with Crippen molar-refractivity contribution in [1.82, 2.24) is 0 Å². The zero-order chi connectivity index (χ0) is 14.3. The lowest BCUT2D eigenvalue weighted by molar-refractivity contribution is 0.452. The molecule has 0 bridgehead atoms. The molecule has 0 saturated carbocycles. The van der Waals surface area contributed by atoms with Gasteiger partial charge in [0.25, 0.3) is 0 Å². The quantitative estimate of drug-likeness (QED) is 0.247. The molecular weight excluding hydrogens is 228 g/mol. The molecule has 19 heavy (non-hydrogen) atoms. The second-order valence-corrected chi connectivity index (χ2v) is 5.96. The van der Waals surface area contributed by atoms with Gasteiger partial charge in [0.15, 0.2) is 0 Å². The lowest BCUT2D eigenvalue weighted by atomic mass is 9.89. The van der Waals surface area contributed by atoms with Crippen LogP contribution in [-0.4, -0.2) is 0 Å². The van der Waals surface area contributed by atoms with Crippen molar-refractivity contribution in [2.45, 2.75) is 97.8 Å². The van der Waals surface area contributed by atoms with E-state index in [1.807, 2.05) is 0 Å². The van der Waals surface area contributed by atoms with Crippen LogP contribution in [0.4, 0.5) is 0 Å². The number of hydrogen-bond donors (Lipinski definition) is 0. The summed E-state index contributed by atoms with van der Waals surface area (Å²) in [6.45, 7) is 10.6. The molecule has 0 rings (SSSR count). The van der Waals surface area contributed by atoms with E-state index in [0.717, 1.165) is 5.92 Å². The Hall–Kier alpha value is -0.480. The van der Waals surface area contributed by atoms with Gasteiger partial charge in [-0.25, -0.2) is 0 Å². The molecule has 0 heterocycles. The summed E-state index contributed by atoms with van der Waals surface area (Å²) >= 11 is 0. The van der Waals surface area contributed by atoms with Crippen LogP contribution in [-0.2, 0) is 0 Å². The van der Waals surface area contributed by atoms with Crippen LogP contribution >= 0.6 is 0 Å². The van der Waals surface area contributed by atoms with E-state index in [-0.39, 0.29) is 0 Å². The molecule has 0 nitrogen and oxygen atoms in total. The molecule has 0 amide bonds. The fraction of sp³-hybridized carbons (Fsp3) is 0.842. The molecule has 1 unspecified atom stereocenters. The average molecular weight is 264 g/mol. The monoisotopic (exact) mass is 264 g/mol. The first kappa shape index (κ1) is 18.5. The Kier molecular flexibility index (Phi) is 13.6. The summed E-state index contributed by atoms with van der Waals surface area (Å²) in [5.41, 5.74) is 4.53. The van der Waals surface area contributed by atoms with E-state index in [1.165, 1.54) is 82.6 Å². The Balaban J connectivity index is 3.78. The van der Waals surface area contributed by atoms with Gasteiger partial charge in [0.1, 0.15) is 0 Å². The van der Waals surface area contributed by atoms with Crippen LogP contribution in [0.2, 0.25) is 0 Å². The fourth-order valence-electron chi connectivity index (χ4n) is 2.71. The van der Waals surface area contributed by atoms with Gasteiger partial charge in [-0.2, -0.15) is 0 Å².